The molecule has 0 aliphatic carbocycles. The molecule has 0 aromatic heterocycles. The number of nitrogen functional groups attached to an aromatic ring is 1. The van der Waals surface area contributed by atoms with Gasteiger partial charge in [0, 0.05) is 16.7 Å². The summed E-state index contributed by atoms with van der Waals surface area (Å²) in [6, 6.07) is 23.4. The summed E-state index contributed by atoms with van der Waals surface area (Å²) in [5.41, 5.74) is 10.2. The van der Waals surface area contributed by atoms with Crippen LogP contribution in [0.5, 0.6) is 0 Å². The van der Waals surface area contributed by atoms with Gasteiger partial charge in [0.1, 0.15) is 0 Å². The van der Waals surface area contributed by atoms with E-state index in [0.29, 0.717) is 11.4 Å². The maximum absolute atomic E-state index is 12.0. The molecule has 0 atom stereocenters. The third kappa shape index (κ3) is 5.66. The first-order valence-electron chi connectivity index (χ1n) is 8.53. The predicted molar refractivity (Wildman–Crippen MR) is 116 cm³/mol. The fraction of sp³-hybridized carbons (Fsp3) is 0.0455. The molecule has 3 rings (SSSR count). The van der Waals surface area contributed by atoms with Crippen LogP contribution in [-0.4, -0.2) is 5.91 Å². The van der Waals surface area contributed by atoms with Crippen molar-refractivity contribution >= 4 is 41.0 Å². The molecule has 3 aromatic carbocycles. The van der Waals surface area contributed by atoms with E-state index in [1.54, 1.807) is 30.2 Å². The standard InChI is InChI=1S/C22H21N3OS/c1-16-6-11-18(12-7-16)25-27-19-13-8-17(9-14-19)10-15-22(26)24-21-5-3-2-4-20(21)23/h2-15,25H,23H2,1H3,(H,24,26)/b15-10+. The van der Waals surface area contributed by atoms with E-state index in [9.17, 15) is 4.79 Å². The molecule has 0 aliphatic heterocycles. The van der Waals surface area contributed by atoms with Gasteiger partial charge in [0.05, 0.1) is 11.4 Å². The average molecular weight is 375 g/mol. The second-order valence-electron chi connectivity index (χ2n) is 6.05. The minimum absolute atomic E-state index is 0.215. The number of anilines is 3. The van der Waals surface area contributed by atoms with E-state index < -0.39 is 0 Å². The van der Waals surface area contributed by atoms with Gasteiger partial charge < -0.3 is 15.8 Å². The highest BCUT2D eigenvalue weighted by molar-refractivity contribution is 8.00. The highest BCUT2D eigenvalue weighted by atomic mass is 32.2. The first kappa shape index (κ1) is 18.6. The maximum Gasteiger partial charge on any atom is 0.248 e. The van der Waals surface area contributed by atoms with Crippen molar-refractivity contribution in [3.05, 3.63) is 90.0 Å². The van der Waals surface area contributed by atoms with Crippen LogP contribution in [0.25, 0.3) is 6.08 Å². The lowest BCUT2D eigenvalue weighted by atomic mass is 10.2. The third-order valence-electron chi connectivity index (χ3n) is 3.86. The molecule has 4 N–H and O–H groups in total. The first-order chi connectivity index (χ1) is 13.1. The number of nitrogens with one attached hydrogen (secondary N) is 2. The molecule has 0 bridgehead atoms. The summed E-state index contributed by atoms with van der Waals surface area (Å²) in [4.78, 5) is 13.1. The Hall–Kier alpha value is -3.18. The first-order valence-corrected chi connectivity index (χ1v) is 9.35. The van der Waals surface area contributed by atoms with E-state index in [1.165, 1.54) is 11.6 Å². The van der Waals surface area contributed by atoms with E-state index in [2.05, 4.69) is 41.2 Å². The van der Waals surface area contributed by atoms with Crippen LogP contribution in [0.4, 0.5) is 17.1 Å². The lowest BCUT2D eigenvalue weighted by Gasteiger charge is -2.06. The predicted octanol–water partition coefficient (Wildman–Crippen LogP) is 5.35. The van der Waals surface area contributed by atoms with E-state index in [4.69, 9.17) is 5.73 Å². The molecule has 0 saturated carbocycles. The number of carbonyl (C=O) groups excluding carboxylic acids is 1. The Morgan fingerprint density at radius 1 is 0.963 bits per heavy atom. The Morgan fingerprint density at radius 3 is 2.37 bits per heavy atom. The Bertz CT molecular complexity index is 935. The van der Waals surface area contributed by atoms with Crippen molar-refractivity contribution < 1.29 is 4.79 Å². The van der Waals surface area contributed by atoms with E-state index in [1.807, 2.05) is 36.4 Å². The monoisotopic (exact) mass is 375 g/mol. The number of aryl methyl sites for hydroxylation is 1. The van der Waals surface area contributed by atoms with Gasteiger partial charge in [0.25, 0.3) is 0 Å². The summed E-state index contributed by atoms with van der Waals surface area (Å²) in [7, 11) is 0. The zero-order valence-corrected chi connectivity index (χ0v) is 15.8. The summed E-state index contributed by atoms with van der Waals surface area (Å²) in [6.45, 7) is 2.07. The van der Waals surface area contributed by atoms with Crippen molar-refractivity contribution in [1.29, 1.82) is 0 Å². The molecule has 0 heterocycles. The van der Waals surface area contributed by atoms with Gasteiger partial charge in [0.2, 0.25) is 5.91 Å². The summed E-state index contributed by atoms with van der Waals surface area (Å²) >= 11 is 1.55. The van der Waals surface area contributed by atoms with Crippen LogP contribution in [0.15, 0.2) is 83.8 Å². The highest BCUT2D eigenvalue weighted by Gasteiger charge is 2.01. The molecular formula is C22H21N3OS. The van der Waals surface area contributed by atoms with Crippen molar-refractivity contribution in [1.82, 2.24) is 0 Å². The number of hydrogen-bond acceptors (Lipinski definition) is 4. The number of rotatable bonds is 6. The fourth-order valence-corrected chi connectivity index (χ4v) is 2.99. The number of amides is 1. The number of para-hydroxylation sites is 2. The van der Waals surface area contributed by atoms with Crippen molar-refractivity contribution in [3.63, 3.8) is 0 Å². The van der Waals surface area contributed by atoms with Gasteiger partial charge in [-0.2, -0.15) is 0 Å². The van der Waals surface area contributed by atoms with Crippen LogP contribution in [-0.2, 0) is 4.79 Å². The molecule has 0 unspecified atom stereocenters. The van der Waals surface area contributed by atoms with Crippen LogP contribution >= 0.6 is 11.9 Å². The molecule has 136 valence electrons. The van der Waals surface area contributed by atoms with Crippen LogP contribution in [0.3, 0.4) is 0 Å². The van der Waals surface area contributed by atoms with Crippen LogP contribution in [0, 0.1) is 6.92 Å². The Labute approximate surface area is 163 Å². The molecule has 5 heteroatoms. The molecule has 0 radical (unpaired) electrons. The molecule has 4 nitrogen and oxygen atoms in total. The maximum atomic E-state index is 12.0. The lowest BCUT2D eigenvalue weighted by molar-refractivity contribution is -0.111. The molecular weight excluding hydrogens is 354 g/mol. The van der Waals surface area contributed by atoms with Gasteiger partial charge in [-0.15, -0.1) is 0 Å². The smallest absolute Gasteiger partial charge is 0.248 e. The third-order valence-corrected chi connectivity index (χ3v) is 4.71. The van der Waals surface area contributed by atoms with Gasteiger partial charge in [-0.3, -0.25) is 4.79 Å². The normalized spacial score (nSPS) is 10.7. The van der Waals surface area contributed by atoms with Crippen LogP contribution in [0.2, 0.25) is 0 Å². The van der Waals surface area contributed by atoms with Gasteiger partial charge in [-0.05, 0) is 66.9 Å². The van der Waals surface area contributed by atoms with Crippen molar-refractivity contribution in [2.45, 2.75) is 11.8 Å². The number of nitrogens with two attached hydrogens (primary N) is 1. The molecule has 0 saturated heterocycles. The summed E-state index contributed by atoms with van der Waals surface area (Å²) in [6.07, 6.45) is 3.27. The minimum Gasteiger partial charge on any atom is -0.397 e. The molecule has 3 aromatic rings. The molecule has 0 fully saturated rings. The molecule has 0 aliphatic rings. The quantitative estimate of drug-likeness (QED) is 0.309. The van der Waals surface area contributed by atoms with Crippen molar-refractivity contribution in [2.75, 3.05) is 15.8 Å². The van der Waals surface area contributed by atoms with Gasteiger partial charge in [-0.1, -0.05) is 42.0 Å². The highest BCUT2D eigenvalue weighted by Crippen LogP contribution is 2.22. The second kappa shape index (κ2) is 8.96. The number of hydrogen-bond donors (Lipinski definition) is 3. The van der Waals surface area contributed by atoms with Crippen molar-refractivity contribution in [3.8, 4) is 0 Å². The van der Waals surface area contributed by atoms with E-state index in [0.717, 1.165) is 16.1 Å². The van der Waals surface area contributed by atoms with Gasteiger partial charge in [0.15, 0.2) is 0 Å². The van der Waals surface area contributed by atoms with Crippen molar-refractivity contribution in [2.24, 2.45) is 0 Å². The zero-order valence-electron chi connectivity index (χ0n) is 15.0. The second-order valence-corrected chi connectivity index (χ2v) is 6.93. The average Bonchev–Trinajstić information content (AvgIpc) is 2.68. The zero-order chi connectivity index (χ0) is 19.1. The Balaban J connectivity index is 1.53. The van der Waals surface area contributed by atoms with Gasteiger partial charge in [-0.25, -0.2) is 0 Å². The molecule has 1 amide bonds. The van der Waals surface area contributed by atoms with Crippen LogP contribution < -0.4 is 15.8 Å². The summed E-state index contributed by atoms with van der Waals surface area (Å²) in [5.74, 6) is -0.215. The lowest BCUT2D eigenvalue weighted by Crippen LogP contribution is -2.09. The van der Waals surface area contributed by atoms with E-state index >= 15 is 0 Å². The number of carbonyl (C=O) groups is 1. The molecule has 0 spiro atoms. The fourth-order valence-electron chi connectivity index (χ4n) is 2.34. The summed E-state index contributed by atoms with van der Waals surface area (Å²) in [5, 5.41) is 2.77. The SMILES string of the molecule is Cc1ccc(NSc2ccc(/C=C/C(=O)Nc3ccccc3N)cc2)cc1. The minimum atomic E-state index is -0.215. The summed E-state index contributed by atoms with van der Waals surface area (Å²) < 4.78 is 3.31. The molecule has 27 heavy (non-hydrogen) atoms. The van der Waals surface area contributed by atoms with E-state index in [-0.39, 0.29) is 5.91 Å². The Morgan fingerprint density at radius 2 is 1.67 bits per heavy atom. The van der Waals surface area contributed by atoms with Gasteiger partial charge >= 0.3 is 0 Å². The largest absolute Gasteiger partial charge is 0.397 e. The Kier molecular flexibility index (Phi) is 6.18. The topological polar surface area (TPSA) is 67.2 Å². The number of benzene rings is 3. The van der Waals surface area contributed by atoms with Crippen LogP contribution in [0.1, 0.15) is 11.1 Å².